The van der Waals surface area contributed by atoms with Crippen molar-refractivity contribution in [1.82, 2.24) is 0 Å². The predicted molar refractivity (Wildman–Crippen MR) is 38.0 cm³/mol. The maximum absolute atomic E-state index is 8.25. The summed E-state index contributed by atoms with van der Waals surface area (Å²) in [7, 11) is 0. The average molecular weight is 135 g/mol. The van der Waals surface area contributed by atoms with Crippen LogP contribution in [0.1, 0.15) is 12.8 Å². The Morgan fingerprint density at radius 3 is 3.10 bits per heavy atom. The zero-order valence-electron chi connectivity index (χ0n) is 5.71. The number of ether oxygens (including phenoxy) is 1. The molecule has 0 aliphatic carbocycles. The Morgan fingerprint density at radius 1 is 1.80 bits per heavy atom. The zero-order valence-corrected chi connectivity index (χ0v) is 5.71. The average Bonchev–Trinajstić information content (AvgIpc) is 2.37. The maximum Gasteiger partial charge on any atom is 0.117 e. The number of nitrogens with zero attached hydrogens (tertiary/aromatic N) is 1. The van der Waals surface area contributed by atoms with Gasteiger partial charge in [-0.05, 0) is 6.42 Å². The van der Waals surface area contributed by atoms with Crippen molar-refractivity contribution in [3.63, 3.8) is 0 Å². The highest BCUT2D eigenvalue weighted by Gasteiger charge is 2.16. The summed E-state index contributed by atoms with van der Waals surface area (Å²) in [6, 6.07) is 1.93. The molecule has 0 saturated carbocycles. The lowest BCUT2D eigenvalue weighted by Crippen LogP contribution is -1.96. The van der Waals surface area contributed by atoms with E-state index in [9.17, 15) is 0 Å². The summed E-state index contributed by atoms with van der Waals surface area (Å²) in [4.78, 5) is 0. The molecule has 0 bridgehead atoms. The molecule has 0 amide bonds. The number of nitriles is 1. The van der Waals surface area contributed by atoms with Crippen LogP contribution in [-0.2, 0) is 4.74 Å². The van der Waals surface area contributed by atoms with Crippen molar-refractivity contribution in [3.05, 3.63) is 24.5 Å². The van der Waals surface area contributed by atoms with Crippen molar-refractivity contribution in [3.8, 4) is 6.07 Å². The second kappa shape index (κ2) is 3.07. The van der Waals surface area contributed by atoms with Gasteiger partial charge < -0.3 is 4.74 Å². The first-order chi connectivity index (χ1) is 4.86. The van der Waals surface area contributed by atoms with E-state index in [1.807, 2.05) is 6.07 Å². The fourth-order valence-electron chi connectivity index (χ4n) is 0.941. The van der Waals surface area contributed by atoms with Crippen molar-refractivity contribution in [2.75, 3.05) is 0 Å². The first-order valence-corrected chi connectivity index (χ1v) is 3.24. The van der Waals surface area contributed by atoms with Gasteiger partial charge in [0, 0.05) is 6.42 Å². The highest BCUT2D eigenvalue weighted by Crippen LogP contribution is 2.22. The molecular formula is C8H9NO. The van der Waals surface area contributed by atoms with Crippen LogP contribution in [0.4, 0.5) is 0 Å². The molecule has 1 fully saturated rings. The third kappa shape index (κ3) is 1.38. The quantitative estimate of drug-likeness (QED) is 0.405. The van der Waals surface area contributed by atoms with Crippen LogP contribution in [0.5, 0.6) is 0 Å². The number of rotatable bonds is 1. The monoisotopic (exact) mass is 135 g/mol. The van der Waals surface area contributed by atoms with Crippen LogP contribution in [0.2, 0.25) is 0 Å². The molecule has 0 aromatic carbocycles. The van der Waals surface area contributed by atoms with E-state index in [4.69, 9.17) is 10.00 Å². The Morgan fingerprint density at radius 2 is 2.60 bits per heavy atom. The van der Waals surface area contributed by atoms with Crippen molar-refractivity contribution in [2.24, 2.45) is 0 Å². The van der Waals surface area contributed by atoms with E-state index in [0.717, 1.165) is 18.6 Å². The summed E-state index contributed by atoms with van der Waals surface area (Å²) >= 11 is 0. The topological polar surface area (TPSA) is 33.0 Å². The summed E-state index contributed by atoms with van der Waals surface area (Å²) in [6.45, 7) is 3.60. The molecule has 10 heavy (non-hydrogen) atoms. The van der Waals surface area contributed by atoms with Crippen LogP contribution < -0.4 is 0 Å². The minimum absolute atomic E-state index is 0.125. The van der Waals surface area contributed by atoms with Crippen LogP contribution in [0.15, 0.2) is 24.5 Å². The molecule has 1 rings (SSSR count). The predicted octanol–water partition coefficient (Wildman–Crippen LogP) is 1.76. The molecule has 1 saturated heterocycles. The summed E-state index contributed by atoms with van der Waals surface area (Å²) in [6.07, 6.45) is 5.16. The maximum atomic E-state index is 8.25. The van der Waals surface area contributed by atoms with E-state index in [0.29, 0.717) is 0 Å². The summed E-state index contributed by atoms with van der Waals surface area (Å²) in [5, 5.41) is 8.25. The van der Waals surface area contributed by atoms with E-state index in [1.165, 1.54) is 6.08 Å². The molecule has 52 valence electrons. The zero-order chi connectivity index (χ0) is 7.40. The fraction of sp³-hybridized carbons (Fsp3) is 0.375. The summed E-state index contributed by atoms with van der Waals surface area (Å²) in [5.41, 5.74) is 0. The molecule has 1 atom stereocenters. The Kier molecular flexibility index (Phi) is 2.11. The molecule has 1 unspecified atom stereocenters. The second-order valence-corrected chi connectivity index (χ2v) is 2.17. The van der Waals surface area contributed by atoms with E-state index < -0.39 is 0 Å². The van der Waals surface area contributed by atoms with Gasteiger partial charge in [0.2, 0.25) is 0 Å². The van der Waals surface area contributed by atoms with Gasteiger partial charge in [0.05, 0.1) is 12.1 Å². The van der Waals surface area contributed by atoms with Gasteiger partial charge in [0.15, 0.2) is 0 Å². The highest BCUT2D eigenvalue weighted by atomic mass is 16.5. The highest BCUT2D eigenvalue weighted by molar-refractivity contribution is 5.12. The van der Waals surface area contributed by atoms with Crippen LogP contribution in [-0.4, -0.2) is 6.10 Å². The SMILES string of the molecule is C=CC1CC/C(=C\C#N)O1. The van der Waals surface area contributed by atoms with Crippen LogP contribution in [0.3, 0.4) is 0 Å². The van der Waals surface area contributed by atoms with Crippen LogP contribution in [0.25, 0.3) is 0 Å². The fourth-order valence-corrected chi connectivity index (χ4v) is 0.941. The molecule has 1 heterocycles. The second-order valence-electron chi connectivity index (χ2n) is 2.17. The minimum Gasteiger partial charge on any atom is -0.490 e. The van der Waals surface area contributed by atoms with Gasteiger partial charge in [-0.25, -0.2) is 0 Å². The van der Waals surface area contributed by atoms with Gasteiger partial charge >= 0.3 is 0 Å². The molecule has 2 nitrogen and oxygen atoms in total. The molecule has 0 aromatic rings. The summed E-state index contributed by atoms with van der Waals surface area (Å²) < 4.78 is 5.27. The molecule has 0 aromatic heterocycles. The molecule has 0 N–H and O–H groups in total. The molecular weight excluding hydrogens is 126 g/mol. The van der Waals surface area contributed by atoms with Gasteiger partial charge in [-0.3, -0.25) is 0 Å². The Balaban J connectivity index is 2.52. The van der Waals surface area contributed by atoms with Gasteiger partial charge in [-0.15, -0.1) is 0 Å². The first-order valence-electron chi connectivity index (χ1n) is 3.24. The Bertz CT molecular complexity index is 200. The van der Waals surface area contributed by atoms with Crippen molar-refractivity contribution in [1.29, 1.82) is 5.26 Å². The van der Waals surface area contributed by atoms with Crippen molar-refractivity contribution < 1.29 is 4.74 Å². The van der Waals surface area contributed by atoms with E-state index in [2.05, 4.69) is 6.58 Å². The normalized spacial score (nSPS) is 27.5. The lowest BCUT2D eigenvalue weighted by molar-refractivity contribution is 0.202. The molecule has 0 spiro atoms. The van der Waals surface area contributed by atoms with E-state index in [1.54, 1.807) is 6.08 Å². The lowest BCUT2D eigenvalue weighted by atomic mass is 10.2. The first kappa shape index (κ1) is 6.88. The molecule has 1 aliphatic rings. The third-order valence-electron chi connectivity index (χ3n) is 1.47. The van der Waals surface area contributed by atoms with Crippen molar-refractivity contribution in [2.45, 2.75) is 18.9 Å². The Labute approximate surface area is 60.4 Å². The minimum atomic E-state index is 0.125. The van der Waals surface area contributed by atoms with Gasteiger partial charge in [-0.2, -0.15) is 5.26 Å². The van der Waals surface area contributed by atoms with E-state index in [-0.39, 0.29) is 6.10 Å². The van der Waals surface area contributed by atoms with Gasteiger partial charge in [-0.1, -0.05) is 12.7 Å². The van der Waals surface area contributed by atoms with Crippen molar-refractivity contribution >= 4 is 0 Å². The molecule has 2 heteroatoms. The number of allylic oxidation sites excluding steroid dienone is 2. The number of hydrogen-bond acceptors (Lipinski definition) is 2. The smallest absolute Gasteiger partial charge is 0.117 e. The number of hydrogen-bond donors (Lipinski definition) is 0. The van der Waals surface area contributed by atoms with Crippen LogP contribution >= 0.6 is 0 Å². The van der Waals surface area contributed by atoms with E-state index >= 15 is 0 Å². The van der Waals surface area contributed by atoms with Gasteiger partial charge in [0.1, 0.15) is 11.9 Å². The molecule has 0 radical (unpaired) electrons. The molecule has 1 aliphatic heterocycles. The standard InChI is InChI=1S/C8H9NO/c1-2-7-3-4-8(10-7)5-6-9/h2,5,7H,1,3-4H2/b8-5+. The summed E-state index contributed by atoms with van der Waals surface area (Å²) in [5.74, 6) is 0.785. The largest absolute Gasteiger partial charge is 0.490 e. The van der Waals surface area contributed by atoms with Crippen LogP contribution in [0, 0.1) is 11.3 Å². The van der Waals surface area contributed by atoms with Gasteiger partial charge in [0.25, 0.3) is 0 Å². The third-order valence-corrected chi connectivity index (χ3v) is 1.47. The lowest BCUT2D eigenvalue weighted by Gasteiger charge is -2.01. The Hall–Kier alpha value is -1.23.